The fourth-order valence-corrected chi connectivity index (χ4v) is 10.8. The third kappa shape index (κ3) is 9.22. The van der Waals surface area contributed by atoms with Gasteiger partial charge in [0.25, 0.3) is 0 Å². The van der Waals surface area contributed by atoms with E-state index < -0.39 is 83.4 Å². The van der Waals surface area contributed by atoms with Crippen molar-refractivity contribution in [2.24, 2.45) is 11.8 Å². The summed E-state index contributed by atoms with van der Waals surface area (Å²) in [5, 5.41) is 2.83. The standard InChI is InChI=1S/C38H62N3O9PS/c1-14-31(22(2)3)37(11,12)41(52(46,47)34-20-19-32(39)25(6)26(34)7)28(9)35(50-51(43,44)45)38(13,27(8)30-18-16-15-17-23(30)4)40-36(42)49-33-21-24(5)48-29(33)10/h15-20,22,24,27-29,31,33,35H,14,21,39H2,1-13H3,(H,40,42)(H2,43,44,45)/t24?,27?,28?,29?,31?,33-,35+,38-/m0/s1/i14D2,22D,31D. The van der Waals surface area contributed by atoms with Gasteiger partial charge in [0.05, 0.1) is 28.7 Å². The van der Waals surface area contributed by atoms with E-state index in [0.29, 0.717) is 23.2 Å². The number of alkyl carbamates (subject to hydrolysis) is 1. The van der Waals surface area contributed by atoms with Gasteiger partial charge in [0, 0.05) is 29.0 Å². The van der Waals surface area contributed by atoms with Gasteiger partial charge in [0.2, 0.25) is 10.0 Å². The van der Waals surface area contributed by atoms with E-state index in [1.165, 1.54) is 60.6 Å². The van der Waals surface area contributed by atoms with Crippen LogP contribution >= 0.6 is 7.82 Å². The molecule has 14 heteroatoms. The molecule has 2 aromatic rings. The number of carbonyl (C=O) groups excluding carboxylic acids is 1. The van der Waals surface area contributed by atoms with Gasteiger partial charge in [-0.3, -0.25) is 4.52 Å². The number of sulfonamides is 1. The summed E-state index contributed by atoms with van der Waals surface area (Å²) in [5.74, 6) is -5.45. The van der Waals surface area contributed by atoms with E-state index >= 15 is 8.42 Å². The second-order valence-electron chi connectivity index (χ2n) is 15.0. The molecule has 0 bridgehead atoms. The van der Waals surface area contributed by atoms with E-state index in [-0.39, 0.29) is 16.6 Å². The lowest BCUT2D eigenvalue weighted by molar-refractivity contribution is -0.0306. The van der Waals surface area contributed by atoms with Crippen LogP contribution in [0.1, 0.15) is 116 Å². The Hall–Kier alpha value is -2.51. The maximum absolute atomic E-state index is 15.5. The van der Waals surface area contributed by atoms with Gasteiger partial charge in [0.1, 0.15) is 12.2 Å². The number of hydrogen-bond acceptors (Lipinski definition) is 8. The Kier molecular flexibility index (Phi) is 12.0. The Morgan fingerprint density at radius 3 is 2.21 bits per heavy atom. The number of phosphoric ester groups is 1. The summed E-state index contributed by atoms with van der Waals surface area (Å²) in [6.45, 7) is 19.4. The predicted molar refractivity (Wildman–Crippen MR) is 204 cm³/mol. The van der Waals surface area contributed by atoms with E-state index in [9.17, 15) is 20.5 Å². The summed E-state index contributed by atoms with van der Waals surface area (Å²) >= 11 is 0. The molecule has 294 valence electrons. The number of ether oxygens (including phenoxy) is 2. The number of nitrogens with two attached hydrogens (primary N) is 1. The number of phosphoric acid groups is 1. The van der Waals surface area contributed by atoms with Crippen LogP contribution in [0.3, 0.4) is 0 Å². The molecule has 2 aromatic carbocycles. The number of rotatable bonds is 15. The van der Waals surface area contributed by atoms with Crippen molar-refractivity contribution in [1.29, 1.82) is 0 Å². The molecule has 12 nitrogen and oxygen atoms in total. The summed E-state index contributed by atoms with van der Waals surface area (Å²) in [7, 11) is -10.5. The Labute approximate surface area is 317 Å². The number of hydrogen-bond donors (Lipinski definition) is 4. The first-order chi connectivity index (χ1) is 25.2. The summed E-state index contributed by atoms with van der Waals surface area (Å²) in [6, 6.07) is 8.08. The monoisotopic (exact) mass is 771 g/mol. The average molecular weight is 772 g/mol. The second-order valence-corrected chi connectivity index (χ2v) is 17.9. The predicted octanol–water partition coefficient (Wildman–Crippen LogP) is 7.37. The molecule has 1 fully saturated rings. The van der Waals surface area contributed by atoms with Gasteiger partial charge in [-0.2, -0.15) is 4.31 Å². The van der Waals surface area contributed by atoms with Crippen LogP contribution < -0.4 is 11.1 Å². The van der Waals surface area contributed by atoms with Crippen LogP contribution in [-0.4, -0.2) is 70.1 Å². The van der Waals surface area contributed by atoms with Gasteiger partial charge in [-0.15, -0.1) is 0 Å². The SMILES string of the molecule is [2H]C([2H])(C)C([2H])(C([2H])(C)C)C(C)(C)N(C(C)[C@@H](OP(=O)(O)O)[C@@](C)(NC(=O)O[C@H]1CC(C)OC1C)C(C)c1ccccc1C)S(=O)(=O)c1ccc(N)c(C)c1C. The number of nitrogens with one attached hydrogen (secondary N) is 1. The molecule has 1 aliphatic rings. The van der Waals surface area contributed by atoms with Gasteiger partial charge >= 0.3 is 13.9 Å². The third-order valence-corrected chi connectivity index (χ3v) is 13.4. The van der Waals surface area contributed by atoms with E-state index in [4.69, 9.17) is 23.8 Å². The highest BCUT2D eigenvalue weighted by molar-refractivity contribution is 7.89. The molecule has 0 spiro atoms. The summed E-state index contributed by atoms with van der Waals surface area (Å²) in [4.78, 5) is 34.9. The topological polar surface area (TPSA) is 178 Å². The molecule has 0 radical (unpaired) electrons. The van der Waals surface area contributed by atoms with Crippen molar-refractivity contribution in [1.82, 2.24) is 9.62 Å². The maximum atomic E-state index is 15.5. The highest BCUT2D eigenvalue weighted by Crippen LogP contribution is 2.48. The summed E-state index contributed by atoms with van der Waals surface area (Å²) in [6.07, 6.45) is -6.45. The Balaban J connectivity index is 2.51. The number of amides is 1. The van der Waals surface area contributed by atoms with Crippen molar-refractivity contribution >= 4 is 29.6 Å². The lowest BCUT2D eigenvalue weighted by atomic mass is 9.73. The van der Waals surface area contributed by atoms with E-state index in [1.54, 1.807) is 39.0 Å². The van der Waals surface area contributed by atoms with E-state index in [2.05, 4.69) is 5.32 Å². The second kappa shape index (κ2) is 16.5. The van der Waals surface area contributed by atoms with Crippen LogP contribution in [0.2, 0.25) is 0 Å². The number of carbonyl (C=O) groups is 1. The normalized spacial score (nSPS) is 24.3. The molecule has 0 aliphatic carbocycles. The zero-order chi connectivity index (χ0) is 43.4. The largest absolute Gasteiger partial charge is 0.469 e. The van der Waals surface area contributed by atoms with Crippen molar-refractivity contribution in [3.05, 3.63) is 58.7 Å². The first-order valence-corrected chi connectivity index (χ1v) is 20.5. The van der Waals surface area contributed by atoms with E-state index in [0.717, 1.165) is 16.8 Å². The molecule has 1 amide bonds. The van der Waals surface area contributed by atoms with Crippen LogP contribution in [0.15, 0.2) is 41.3 Å². The zero-order valence-electron chi connectivity index (χ0n) is 36.8. The van der Waals surface area contributed by atoms with Crippen molar-refractivity contribution < 1.29 is 47.0 Å². The smallest absolute Gasteiger partial charge is 0.443 e. The molecule has 1 saturated heterocycles. The number of aryl methyl sites for hydroxylation is 1. The third-order valence-electron chi connectivity index (χ3n) is 10.6. The van der Waals surface area contributed by atoms with Crippen molar-refractivity contribution in [3.63, 3.8) is 0 Å². The molecule has 3 rings (SSSR count). The molecule has 52 heavy (non-hydrogen) atoms. The summed E-state index contributed by atoms with van der Waals surface area (Å²) < 4.78 is 99.0. The van der Waals surface area contributed by atoms with Crippen molar-refractivity contribution in [3.8, 4) is 0 Å². The van der Waals surface area contributed by atoms with Gasteiger partial charge < -0.3 is 30.3 Å². The maximum Gasteiger partial charge on any atom is 0.469 e. The van der Waals surface area contributed by atoms with Crippen molar-refractivity contribution in [2.45, 2.75) is 155 Å². The van der Waals surface area contributed by atoms with Crippen LogP contribution in [0.25, 0.3) is 0 Å². The minimum atomic E-state index is -5.56. The van der Waals surface area contributed by atoms with E-state index in [1.807, 2.05) is 19.9 Å². The molecular formula is C38H62N3O9PS. The molecule has 8 atom stereocenters. The quantitative estimate of drug-likeness (QED) is 0.106. The Bertz CT molecular complexity index is 1900. The Morgan fingerprint density at radius 2 is 1.71 bits per heavy atom. The molecule has 0 saturated carbocycles. The van der Waals surface area contributed by atoms with Crippen LogP contribution in [0.4, 0.5) is 10.5 Å². The number of benzene rings is 2. The van der Waals surface area contributed by atoms with Crippen LogP contribution in [0.5, 0.6) is 0 Å². The lowest BCUT2D eigenvalue weighted by Crippen LogP contribution is -2.68. The average Bonchev–Trinajstić information content (AvgIpc) is 3.35. The van der Waals surface area contributed by atoms with Gasteiger partial charge in [0.15, 0.2) is 0 Å². The summed E-state index contributed by atoms with van der Waals surface area (Å²) in [5.41, 5.74) is 4.38. The zero-order valence-corrected chi connectivity index (χ0v) is 34.5. The number of anilines is 1. The molecule has 1 heterocycles. The molecule has 5 unspecified atom stereocenters. The fourth-order valence-electron chi connectivity index (χ4n) is 7.86. The molecule has 5 N–H and O–H groups in total. The lowest BCUT2D eigenvalue weighted by Gasteiger charge is -2.52. The highest BCUT2D eigenvalue weighted by atomic mass is 32.2. The molecular weight excluding hydrogens is 705 g/mol. The van der Waals surface area contributed by atoms with Crippen LogP contribution in [-0.2, 0) is 28.6 Å². The van der Waals surface area contributed by atoms with Gasteiger partial charge in [-0.25, -0.2) is 17.8 Å². The number of nitrogens with zero attached hydrogens (tertiary/aromatic N) is 1. The Morgan fingerprint density at radius 1 is 1.12 bits per heavy atom. The first-order valence-electron chi connectivity index (χ1n) is 19.5. The van der Waals surface area contributed by atoms with Crippen molar-refractivity contribution in [2.75, 3.05) is 5.73 Å². The highest BCUT2D eigenvalue weighted by Gasteiger charge is 2.55. The first kappa shape index (κ1) is 37.8. The fraction of sp³-hybridized carbons (Fsp3) is 0.658. The minimum Gasteiger partial charge on any atom is -0.443 e. The molecule has 0 aromatic heterocycles. The van der Waals surface area contributed by atoms with Gasteiger partial charge in [-0.05, 0) is 108 Å². The number of nitrogen functional groups attached to an aromatic ring is 1. The van der Waals surface area contributed by atoms with Gasteiger partial charge in [-0.1, -0.05) is 58.3 Å². The molecule has 1 aliphatic heterocycles. The minimum absolute atomic E-state index is 0.210. The van der Waals surface area contributed by atoms with Crippen LogP contribution in [0, 0.1) is 32.6 Å².